The van der Waals surface area contributed by atoms with Gasteiger partial charge in [0, 0.05) is 30.2 Å². The van der Waals surface area contributed by atoms with Gasteiger partial charge in [-0.15, -0.1) is 11.6 Å². The SMILES string of the molecule is Cc1cc(N(CCCl)C2CC2)nc(C)n1. The minimum Gasteiger partial charge on any atom is -0.352 e. The maximum absolute atomic E-state index is 5.81. The number of aromatic nitrogens is 2. The Hall–Kier alpha value is -0.830. The van der Waals surface area contributed by atoms with Crippen LogP contribution in [0.2, 0.25) is 0 Å². The molecule has 1 aromatic rings. The van der Waals surface area contributed by atoms with Gasteiger partial charge in [-0.2, -0.15) is 0 Å². The van der Waals surface area contributed by atoms with E-state index in [2.05, 4.69) is 14.9 Å². The Balaban J connectivity index is 2.24. The lowest BCUT2D eigenvalue weighted by molar-refractivity contribution is 0.799. The monoisotopic (exact) mass is 225 g/mol. The minimum absolute atomic E-state index is 0.650. The Labute approximate surface area is 95.5 Å². The molecule has 0 bridgehead atoms. The maximum atomic E-state index is 5.81. The van der Waals surface area contributed by atoms with Crippen molar-refractivity contribution in [1.29, 1.82) is 0 Å². The summed E-state index contributed by atoms with van der Waals surface area (Å²) in [7, 11) is 0. The van der Waals surface area contributed by atoms with Crippen LogP contribution in [0, 0.1) is 13.8 Å². The normalized spacial score (nSPS) is 15.4. The van der Waals surface area contributed by atoms with Gasteiger partial charge in [0.2, 0.25) is 0 Å². The Bertz CT molecular complexity index is 329. The molecule has 0 radical (unpaired) electrons. The van der Waals surface area contributed by atoms with Crippen LogP contribution in [0.15, 0.2) is 6.07 Å². The van der Waals surface area contributed by atoms with Gasteiger partial charge in [0.05, 0.1) is 0 Å². The molecule has 0 amide bonds. The number of nitrogens with zero attached hydrogens (tertiary/aromatic N) is 3. The van der Waals surface area contributed by atoms with Gasteiger partial charge in [0.25, 0.3) is 0 Å². The fourth-order valence-corrected chi connectivity index (χ4v) is 1.99. The summed E-state index contributed by atoms with van der Waals surface area (Å²) in [5.41, 5.74) is 1.03. The summed E-state index contributed by atoms with van der Waals surface area (Å²) in [5.74, 6) is 2.52. The molecule has 1 aliphatic carbocycles. The van der Waals surface area contributed by atoms with Crippen LogP contribution in [0.3, 0.4) is 0 Å². The molecule has 4 heteroatoms. The van der Waals surface area contributed by atoms with Gasteiger partial charge in [-0.1, -0.05) is 0 Å². The Morgan fingerprint density at radius 2 is 2.13 bits per heavy atom. The molecule has 0 N–H and O–H groups in total. The molecule has 0 saturated heterocycles. The fraction of sp³-hybridized carbons (Fsp3) is 0.636. The first-order valence-electron chi connectivity index (χ1n) is 5.35. The van der Waals surface area contributed by atoms with Crippen molar-refractivity contribution < 1.29 is 0 Å². The highest BCUT2D eigenvalue weighted by Crippen LogP contribution is 2.30. The molecule has 1 aliphatic rings. The van der Waals surface area contributed by atoms with Gasteiger partial charge >= 0.3 is 0 Å². The van der Waals surface area contributed by atoms with Crippen molar-refractivity contribution in [1.82, 2.24) is 9.97 Å². The smallest absolute Gasteiger partial charge is 0.132 e. The van der Waals surface area contributed by atoms with Gasteiger partial charge in [-0.05, 0) is 26.7 Å². The van der Waals surface area contributed by atoms with Gasteiger partial charge in [-0.3, -0.25) is 0 Å². The predicted molar refractivity (Wildman–Crippen MR) is 62.6 cm³/mol. The van der Waals surface area contributed by atoms with Crippen molar-refractivity contribution in [3.05, 3.63) is 17.6 Å². The molecule has 82 valence electrons. The molecule has 0 unspecified atom stereocenters. The zero-order valence-electron chi connectivity index (χ0n) is 9.20. The summed E-state index contributed by atoms with van der Waals surface area (Å²) in [6.45, 7) is 4.81. The lowest BCUT2D eigenvalue weighted by Gasteiger charge is -2.22. The average molecular weight is 226 g/mol. The van der Waals surface area contributed by atoms with Crippen LogP contribution in [0.4, 0.5) is 5.82 Å². The second-order valence-electron chi connectivity index (χ2n) is 4.03. The standard InChI is InChI=1S/C11H16ClN3/c1-8-7-11(14-9(2)13-8)15(6-5-12)10-3-4-10/h7,10H,3-6H2,1-2H3. The number of halogens is 1. The van der Waals surface area contributed by atoms with Gasteiger partial charge in [-0.25, -0.2) is 9.97 Å². The molecule has 1 aromatic heterocycles. The predicted octanol–water partition coefficient (Wildman–Crippen LogP) is 2.30. The summed E-state index contributed by atoms with van der Waals surface area (Å²) in [6, 6.07) is 2.69. The van der Waals surface area contributed by atoms with E-state index in [0.717, 1.165) is 23.9 Å². The second kappa shape index (κ2) is 4.35. The number of hydrogen-bond acceptors (Lipinski definition) is 3. The van der Waals surface area contributed by atoms with Gasteiger partial charge < -0.3 is 4.90 Å². The zero-order valence-corrected chi connectivity index (χ0v) is 9.96. The average Bonchev–Trinajstić information content (AvgIpc) is 2.95. The molecule has 2 rings (SSSR count). The van der Waals surface area contributed by atoms with Crippen molar-refractivity contribution in [3.63, 3.8) is 0 Å². The zero-order chi connectivity index (χ0) is 10.8. The van der Waals surface area contributed by atoms with E-state index < -0.39 is 0 Å². The molecule has 1 heterocycles. The van der Waals surface area contributed by atoms with E-state index in [1.807, 2.05) is 19.9 Å². The lowest BCUT2D eigenvalue weighted by Crippen LogP contribution is -2.29. The Kier molecular flexibility index (Phi) is 3.10. The van der Waals surface area contributed by atoms with Gasteiger partial charge in [0.15, 0.2) is 0 Å². The van der Waals surface area contributed by atoms with E-state index in [1.54, 1.807) is 0 Å². The third kappa shape index (κ3) is 2.59. The van der Waals surface area contributed by atoms with E-state index in [4.69, 9.17) is 11.6 Å². The number of anilines is 1. The fourth-order valence-electron chi connectivity index (χ4n) is 1.81. The van der Waals surface area contributed by atoms with Crippen molar-refractivity contribution in [2.24, 2.45) is 0 Å². The summed E-state index contributed by atoms with van der Waals surface area (Å²) in [6.07, 6.45) is 2.53. The molecule has 1 saturated carbocycles. The molecule has 3 nitrogen and oxygen atoms in total. The van der Waals surface area contributed by atoms with Crippen molar-refractivity contribution in [2.75, 3.05) is 17.3 Å². The third-order valence-corrected chi connectivity index (χ3v) is 2.73. The van der Waals surface area contributed by atoms with E-state index in [0.29, 0.717) is 11.9 Å². The van der Waals surface area contributed by atoms with Crippen LogP contribution in [-0.4, -0.2) is 28.4 Å². The quantitative estimate of drug-likeness (QED) is 0.737. The van der Waals surface area contributed by atoms with Crippen molar-refractivity contribution in [3.8, 4) is 0 Å². The first-order valence-corrected chi connectivity index (χ1v) is 5.89. The van der Waals surface area contributed by atoms with Crippen LogP contribution < -0.4 is 4.90 Å². The highest BCUT2D eigenvalue weighted by atomic mass is 35.5. The van der Waals surface area contributed by atoms with Crippen molar-refractivity contribution in [2.45, 2.75) is 32.7 Å². The van der Waals surface area contributed by atoms with Gasteiger partial charge in [0.1, 0.15) is 11.6 Å². The molecule has 0 atom stereocenters. The molecule has 0 aliphatic heterocycles. The molecule has 15 heavy (non-hydrogen) atoms. The number of aryl methyl sites for hydroxylation is 2. The van der Waals surface area contributed by atoms with E-state index >= 15 is 0 Å². The second-order valence-corrected chi connectivity index (χ2v) is 4.41. The summed E-state index contributed by atoms with van der Waals surface area (Å²) >= 11 is 5.81. The molecule has 0 aromatic carbocycles. The Morgan fingerprint density at radius 3 is 2.67 bits per heavy atom. The highest BCUT2D eigenvalue weighted by Gasteiger charge is 2.29. The highest BCUT2D eigenvalue weighted by molar-refractivity contribution is 6.18. The first kappa shape index (κ1) is 10.7. The van der Waals surface area contributed by atoms with E-state index in [1.165, 1.54) is 12.8 Å². The topological polar surface area (TPSA) is 29.0 Å². The van der Waals surface area contributed by atoms with Crippen molar-refractivity contribution >= 4 is 17.4 Å². The van der Waals surface area contributed by atoms with Crippen LogP contribution in [0.25, 0.3) is 0 Å². The first-order chi connectivity index (χ1) is 7.20. The number of hydrogen-bond donors (Lipinski definition) is 0. The Morgan fingerprint density at radius 1 is 1.40 bits per heavy atom. The minimum atomic E-state index is 0.650. The maximum Gasteiger partial charge on any atom is 0.132 e. The number of alkyl halides is 1. The molecular formula is C11H16ClN3. The van der Waals surface area contributed by atoms with E-state index in [9.17, 15) is 0 Å². The summed E-state index contributed by atoms with van der Waals surface area (Å²) in [4.78, 5) is 11.1. The number of rotatable bonds is 4. The van der Waals surface area contributed by atoms with Crippen LogP contribution in [-0.2, 0) is 0 Å². The summed E-state index contributed by atoms with van der Waals surface area (Å²) < 4.78 is 0. The van der Waals surface area contributed by atoms with Crippen LogP contribution >= 0.6 is 11.6 Å². The van der Waals surface area contributed by atoms with Crippen LogP contribution in [0.1, 0.15) is 24.4 Å². The van der Waals surface area contributed by atoms with Crippen LogP contribution in [0.5, 0.6) is 0 Å². The lowest BCUT2D eigenvalue weighted by atomic mass is 10.3. The third-order valence-electron chi connectivity index (χ3n) is 2.56. The molecule has 1 fully saturated rings. The molecular weight excluding hydrogens is 210 g/mol. The summed E-state index contributed by atoms with van der Waals surface area (Å²) in [5, 5.41) is 0. The largest absolute Gasteiger partial charge is 0.352 e. The van der Waals surface area contributed by atoms with E-state index in [-0.39, 0.29) is 0 Å². The molecule has 0 spiro atoms.